The fourth-order valence-corrected chi connectivity index (χ4v) is 4.64. The number of ether oxygens (including phenoxy) is 1. The van der Waals surface area contributed by atoms with Crippen molar-refractivity contribution in [3.63, 3.8) is 0 Å². The molecule has 1 atom stereocenters. The summed E-state index contributed by atoms with van der Waals surface area (Å²) in [6.45, 7) is 17.2. The highest BCUT2D eigenvalue weighted by Crippen LogP contribution is 2.31. The lowest BCUT2D eigenvalue weighted by Crippen LogP contribution is -2.31. The van der Waals surface area contributed by atoms with E-state index in [4.69, 9.17) is 4.74 Å². The minimum Gasteiger partial charge on any atom is -0.463 e. The Hall–Kier alpha value is -0.833. The Labute approximate surface area is 119 Å². The molecule has 0 bridgehead atoms. The quantitative estimate of drug-likeness (QED) is 0.186. The highest BCUT2D eigenvalue weighted by Gasteiger charge is 2.27. The van der Waals surface area contributed by atoms with Crippen molar-refractivity contribution in [1.82, 2.24) is 0 Å². The number of hydrogen-bond acceptors (Lipinski definition) is 2. The molecule has 110 valence electrons. The van der Waals surface area contributed by atoms with Crippen molar-refractivity contribution >= 4 is 14.0 Å². The van der Waals surface area contributed by atoms with Crippen LogP contribution in [0.15, 0.2) is 24.8 Å². The van der Waals surface area contributed by atoms with Crippen LogP contribution in [-0.4, -0.2) is 20.7 Å². The smallest absolute Gasteiger partial charge is 0.330 e. The van der Waals surface area contributed by atoms with Gasteiger partial charge in [-0.2, -0.15) is 0 Å². The Morgan fingerprint density at radius 3 is 2.53 bits per heavy atom. The third-order valence-electron chi connectivity index (χ3n) is 3.95. The SMILES string of the molecule is C=CC(=O)OCCC[Si](C)(C)C(C)CCCC(=C)C. The van der Waals surface area contributed by atoms with E-state index in [9.17, 15) is 4.79 Å². The molecule has 3 heteroatoms. The molecule has 1 unspecified atom stereocenters. The van der Waals surface area contributed by atoms with Crippen LogP contribution in [-0.2, 0) is 9.53 Å². The highest BCUT2D eigenvalue weighted by molar-refractivity contribution is 6.78. The van der Waals surface area contributed by atoms with E-state index in [0.717, 1.165) is 18.4 Å². The zero-order valence-corrected chi connectivity index (χ0v) is 14.1. The maximum atomic E-state index is 10.9. The first-order valence-corrected chi connectivity index (χ1v) is 10.5. The van der Waals surface area contributed by atoms with Crippen molar-refractivity contribution in [1.29, 1.82) is 0 Å². The second-order valence-electron chi connectivity index (χ2n) is 6.21. The molecule has 0 saturated heterocycles. The first-order chi connectivity index (χ1) is 8.79. The lowest BCUT2D eigenvalue weighted by atomic mass is 10.1. The molecule has 0 aromatic rings. The maximum absolute atomic E-state index is 10.9. The lowest BCUT2D eigenvalue weighted by Gasteiger charge is -2.30. The summed E-state index contributed by atoms with van der Waals surface area (Å²) >= 11 is 0. The van der Waals surface area contributed by atoms with Gasteiger partial charge < -0.3 is 4.74 Å². The van der Waals surface area contributed by atoms with Gasteiger partial charge in [-0.15, -0.1) is 6.58 Å². The molecule has 0 N–H and O–H groups in total. The Morgan fingerprint density at radius 2 is 2.00 bits per heavy atom. The Balaban J connectivity index is 3.90. The zero-order chi connectivity index (χ0) is 14.9. The van der Waals surface area contributed by atoms with E-state index in [2.05, 4.69) is 40.1 Å². The molecule has 19 heavy (non-hydrogen) atoms. The normalized spacial score (nSPS) is 12.8. The second kappa shape index (κ2) is 9.13. The summed E-state index contributed by atoms with van der Waals surface area (Å²) in [6.07, 6.45) is 5.88. The third kappa shape index (κ3) is 8.81. The van der Waals surface area contributed by atoms with Gasteiger partial charge in [-0.1, -0.05) is 44.6 Å². The topological polar surface area (TPSA) is 26.3 Å². The first-order valence-electron chi connectivity index (χ1n) is 7.23. The number of hydrogen-bond donors (Lipinski definition) is 0. The van der Waals surface area contributed by atoms with Crippen LogP contribution in [0.1, 0.15) is 39.5 Å². The number of carbonyl (C=O) groups excluding carboxylic acids is 1. The van der Waals surface area contributed by atoms with E-state index >= 15 is 0 Å². The van der Waals surface area contributed by atoms with Crippen molar-refractivity contribution in [2.45, 2.75) is 64.2 Å². The van der Waals surface area contributed by atoms with E-state index in [1.54, 1.807) is 0 Å². The molecule has 0 aliphatic rings. The van der Waals surface area contributed by atoms with E-state index in [1.165, 1.54) is 30.5 Å². The van der Waals surface area contributed by atoms with Crippen molar-refractivity contribution in [2.24, 2.45) is 0 Å². The van der Waals surface area contributed by atoms with Gasteiger partial charge in [0, 0.05) is 6.08 Å². The standard InChI is InChI=1S/C16H30O2Si/c1-7-16(17)18-12-9-13-19(5,6)15(4)11-8-10-14(2)3/h7,15H,1-2,8-13H2,3-6H3. The summed E-state index contributed by atoms with van der Waals surface area (Å²) in [5, 5.41) is 0. The van der Waals surface area contributed by atoms with Gasteiger partial charge in [0.15, 0.2) is 0 Å². The molecule has 0 fully saturated rings. The lowest BCUT2D eigenvalue weighted by molar-refractivity contribution is -0.137. The van der Waals surface area contributed by atoms with Gasteiger partial charge in [0.2, 0.25) is 0 Å². The fraction of sp³-hybridized carbons (Fsp3) is 0.688. The Kier molecular flexibility index (Phi) is 8.73. The van der Waals surface area contributed by atoms with Crippen LogP contribution in [0.25, 0.3) is 0 Å². The molecule has 0 rings (SSSR count). The van der Waals surface area contributed by atoms with Crippen LogP contribution in [0.3, 0.4) is 0 Å². The van der Waals surface area contributed by atoms with E-state index < -0.39 is 8.07 Å². The molecule has 0 aliphatic carbocycles. The summed E-state index contributed by atoms with van der Waals surface area (Å²) < 4.78 is 5.03. The third-order valence-corrected chi connectivity index (χ3v) is 8.55. The summed E-state index contributed by atoms with van der Waals surface area (Å²) in [4.78, 5) is 10.9. The van der Waals surface area contributed by atoms with Crippen molar-refractivity contribution in [2.75, 3.05) is 6.61 Å². The van der Waals surface area contributed by atoms with Gasteiger partial charge in [0.1, 0.15) is 0 Å². The van der Waals surface area contributed by atoms with Gasteiger partial charge in [0.05, 0.1) is 14.7 Å². The van der Waals surface area contributed by atoms with Gasteiger partial charge in [-0.3, -0.25) is 0 Å². The number of rotatable bonds is 10. The van der Waals surface area contributed by atoms with E-state index in [1.807, 2.05) is 0 Å². The van der Waals surface area contributed by atoms with Crippen LogP contribution < -0.4 is 0 Å². The molecule has 0 amide bonds. The van der Waals surface area contributed by atoms with Gasteiger partial charge in [-0.05, 0) is 31.7 Å². The molecular weight excluding hydrogens is 252 g/mol. The second-order valence-corrected chi connectivity index (χ2v) is 11.7. The van der Waals surface area contributed by atoms with E-state index in [-0.39, 0.29) is 5.97 Å². The van der Waals surface area contributed by atoms with Crippen molar-refractivity contribution in [3.8, 4) is 0 Å². The van der Waals surface area contributed by atoms with Gasteiger partial charge >= 0.3 is 5.97 Å². The molecule has 2 nitrogen and oxygen atoms in total. The highest BCUT2D eigenvalue weighted by atomic mass is 28.3. The van der Waals surface area contributed by atoms with Crippen LogP contribution >= 0.6 is 0 Å². The summed E-state index contributed by atoms with van der Waals surface area (Å²) in [5.74, 6) is -0.311. The van der Waals surface area contributed by atoms with Crippen LogP contribution in [0.4, 0.5) is 0 Å². The summed E-state index contributed by atoms with van der Waals surface area (Å²) in [7, 11) is -1.21. The average molecular weight is 282 g/mol. The molecule has 0 aromatic heterocycles. The minimum atomic E-state index is -1.21. The van der Waals surface area contributed by atoms with Gasteiger partial charge in [-0.25, -0.2) is 4.79 Å². The first kappa shape index (κ1) is 18.2. The molecule has 0 saturated carbocycles. The summed E-state index contributed by atoms with van der Waals surface area (Å²) in [5.41, 5.74) is 2.09. The van der Waals surface area contributed by atoms with Crippen LogP contribution in [0, 0.1) is 0 Å². The predicted octanol–water partition coefficient (Wildman–Crippen LogP) is 4.95. The number of allylic oxidation sites excluding steroid dienone is 1. The Bertz CT molecular complexity index is 308. The molecular formula is C16H30O2Si. The van der Waals surface area contributed by atoms with Crippen LogP contribution in [0.2, 0.25) is 24.7 Å². The van der Waals surface area contributed by atoms with Crippen molar-refractivity contribution in [3.05, 3.63) is 24.8 Å². The fourth-order valence-electron chi connectivity index (χ4n) is 2.11. The number of carbonyl (C=O) groups is 1. The predicted molar refractivity (Wildman–Crippen MR) is 86.2 cm³/mol. The molecule has 0 spiro atoms. The van der Waals surface area contributed by atoms with Crippen LogP contribution in [0.5, 0.6) is 0 Å². The van der Waals surface area contributed by atoms with Crippen molar-refractivity contribution < 1.29 is 9.53 Å². The molecule has 0 aromatic carbocycles. The molecule has 0 radical (unpaired) electrons. The van der Waals surface area contributed by atoms with Gasteiger partial charge in [0.25, 0.3) is 0 Å². The monoisotopic (exact) mass is 282 g/mol. The maximum Gasteiger partial charge on any atom is 0.330 e. The van der Waals surface area contributed by atoms with E-state index in [0.29, 0.717) is 6.61 Å². The molecule has 0 heterocycles. The minimum absolute atomic E-state index is 0.311. The summed E-state index contributed by atoms with van der Waals surface area (Å²) in [6, 6.07) is 1.21. The zero-order valence-electron chi connectivity index (χ0n) is 13.1. The molecule has 0 aliphatic heterocycles. The Morgan fingerprint density at radius 1 is 1.37 bits per heavy atom. The average Bonchev–Trinajstić information content (AvgIpc) is 2.33. The largest absolute Gasteiger partial charge is 0.463 e. The number of esters is 1.